The van der Waals surface area contributed by atoms with Gasteiger partial charge >= 0.3 is 0 Å². The second-order valence-corrected chi connectivity index (χ2v) is 10.5. The van der Waals surface area contributed by atoms with Gasteiger partial charge in [-0.1, -0.05) is 6.07 Å². The highest BCUT2D eigenvalue weighted by molar-refractivity contribution is 7.92. The molecule has 11 heteroatoms. The van der Waals surface area contributed by atoms with Gasteiger partial charge in [0.1, 0.15) is 11.1 Å². The number of hydrogen-bond donors (Lipinski definition) is 1. The molecule has 0 amide bonds. The summed E-state index contributed by atoms with van der Waals surface area (Å²) in [5.41, 5.74) is 0.944. The van der Waals surface area contributed by atoms with Crippen LogP contribution in [0.1, 0.15) is 19.9 Å². The molecule has 0 saturated carbocycles. The van der Waals surface area contributed by atoms with Crippen molar-refractivity contribution in [3.8, 4) is 11.6 Å². The molecular formula is C22H25N7O3S. The number of anilines is 2. The Morgan fingerprint density at radius 1 is 1.09 bits per heavy atom. The lowest BCUT2D eigenvalue weighted by molar-refractivity contribution is 0.415. The fourth-order valence-corrected chi connectivity index (χ4v) is 3.91. The van der Waals surface area contributed by atoms with Crippen LogP contribution in [0.2, 0.25) is 0 Å². The van der Waals surface area contributed by atoms with Gasteiger partial charge in [0.15, 0.2) is 17.3 Å². The van der Waals surface area contributed by atoms with E-state index >= 15 is 0 Å². The van der Waals surface area contributed by atoms with Gasteiger partial charge in [0.2, 0.25) is 5.95 Å². The Balaban J connectivity index is 1.88. The van der Waals surface area contributed by atoms with Crippen LogP contribution in [0.5, 0.6) is 5.75 Å². The number of hydrogen-bond acceptors (Lipinski definition) is 8. The van der Waals surface area contributed by atoms with Crippen LogP contribution in [0.25, 0.3) is 16.9 Å². The minimum Gasteiger partial charge on any atom is -0.497 e. The zero-order valence-corrected chi connectivity index (χ0v) is 19.8. The first kappa shape index (κ1) is 22.5. The Morgan fingerprint density at radius 2 is 1.82 bits per heavy atom. The predicted molar refractivity (Wildman–Crippen MR) is 130 cm³/mol. The summed E-state index contributed by atoms with van der Waals surface area (Å²) >= 11 is 0. The number of rotatable bonds is 6. The van der Waals surface area contributed by atoms with Crippen molar-refractivity contribution in [3.05, 3.63) is 59.0 Å². The molecule has 3 aromatic heterocycles. The number of methoxy groups -OCH3 is 1. The van der Waals surface area contributed by atoms with Crippen molar-refractivity contribution in [1.29, 1.82) is 0 Å². The van der Waals surface area contributed by atoms with Gasteiger partial charge in [-0.3, -0.25) is 4.79 Å². The van der Waals surface area contributed by atoms with E-state index in [-0.39, 0.29) is 11.6 Å². The first-order valence-electron chi connectivity index (χ1n) is 10.2. The van der Waals surface area contributed by atoms with Crippen LogP contribution in [0.3, 0.4) is 0 Å². The maximum Gasteiger partial charge on any atom is 0.278 e. The van der Waals surface area contributed by atoms with Crippen LogP contribution in [0, 0.1) is 0 Å². The summed E-state index contributed by atoms with van der Waals surface area (Å²) in [6.07, 6.45) is 4.59. The average molecular weight is 468 g/mol. The second kappa shape index (κ2) is 8.66. The van der Waals surface area contributed by atoms with Crippen LogP contribution in [0.15, 0.2) is 57.8 Å². The molecule has 3 heterocycles. The molecule has 10 nitrogen and oxygen atoms in total. The molecule has 0 aliphatic carbocycles. The second-order valence-electron chi connectivity index (χ2n) is 7.97. The lowest BCUT2D eigenvalue weighted by atomic mass is 10.3. The Bertz CT molecular complexity index is 1490. The summed E-state index contributed by atoms with van der Waals surface area (Å²) in [6, 6.07) is 12.3. The molecule has 1 aromatic carbocycles. The average Bonchev–Trinajstić information content (AvgIpc) is 3.05. The molecule has 0 spiro atoms. The van der Waals surface area contributed by atoms with E-state index in [2.05, 4.69) is 24.6 Å². The molecule has 0 aliphatic rings. The first-order valence-corrected chi connectivity index (χ1v) is 12.6. The third-order valence-corrected chi connectivity index (χ3v) is 5.34. The molecule has 0 radical (unpaired) electrons. The fraction of sp³-hybridized carbons (Fsp3) is 0.273. The molecule has 4 aromatic rings. The number of nitrogens with one attached hydrogen (secondary N) is 1. The highest BCUT2D eigenvalue weighted by Crippen LogP contribution is 2.22. The van der Waals surface area contributed by atoms with E-state index < -0.39 is 9.73 Å². The first-order chi connectivity index (χ1) is 15.7. The molecule has 4 rings (SSSR count). The Morgan fingerprint density at radius 3 is 2.45 bits per heavy atom. The quantitative estimate of drug-likeness (QED) is 0.460. The highest BCUT2D eigenvalue weighted by atomic mass is 32.2. The predicted octanol–water partition coefficient (Wildman–Crippen LogP) is 3.67. The van der Waals surface area contributed by atoms with E-state index in [1.807, 2.05) is 38.1 Å². The van der Waals surface area contributed by atoms with Crippen molar-refractivity contribution in [1.82, 2.24) is 24.3 Å². The van der Waals surface area contributed by atoms with Gasteiger partial charge in [0, 0.05) is 40.2 Å². The third-order valence-electron chi connectivity index (χ3n) is 4.71. The van der Waals surface area contributed by atoms with E-state index in [0.29, 0.717) is 28.6 Å². The Kier molecular flexibility index (Phi) is 5.90. The minimum absolute atomic E-state index is 0.173. The van der Waals surface area contributed by atoms with Gasteiger partial charge in [-0.25, -0.2) is 23.5 Å². The van der Waals surface area contributed by atoms with Crippen molar-refractivity contribution in [2.75, 3.05) is 24.9 Å². The van der Waals surface area contributed by atoms with Crippen LogP contribution < -0.4 is 15.6 Å². The zero-order valence-electron chi connectivity index (χ0n) is 19.0. The summed E-state index contributed by atoms with van der Waals surface area (Å²) in [5.74, 6) is 1.82. The number of ether oxygens (including phenoxy) is 1. The van der Waals surface area contributed by atoms with Crippen molar-refractivity contribution >= 4 is 38.2 Å². The van der Waals surface area contributed by atoms with Gasteiger partial charge in [0.05, 0.1) is 7.11 Å². The number of benzene rings is 1. The summed E-state index contributed by atoms with van der Waals surface area (Å²) in [4.78, 5) is 26.6. The molecule has 0 fully saturated rings. The maximum atomic E-state index is 13.1. The van der Waals surface area contributed by atoms with Crippen molar-refractivity contribution in [2.24, 2.45) is 4.36 Å². The Hall–Kier alpha value is -3.73. The van der Waals surface area contributed by atoms with Crippen molar-refractivity contribution in [3.63, 3.8) is 0 Å². The van der Waals surface area contributed by atoms with Crippen molar-refractivity contribution < 1.29 is 8.95 Å². The maximum absolute atomic E-state index is 13.1. The highest BCUT2D eigenvalue weighted by Gasteiger charge is 2.20. The van der Waals surface area contributed by atoms with E-state index in [0.717, 1.165) is 11.4 Å². The molecule has 0 atom stereocenters. The number of pyridine rings is 1. The van der Waals surface area contributed by atoms with Crippen LogP contribution >= 0.6 is 0 Å². The van der Waals surface area contributed by atoms with Gasteiger partial charge in [0.25, 0.3) is 5.56 Å². The smallest absolute Gasteiger partial charge is 0.278 e. The zero-order chi connectivity index (χ0) is 23.8. The lowest BCUT2D eigenvalue weighted by Crippen LogP contribution is -2.24. The fourth-order valence-electron chi connectivity index (χ4n) is 3.36. The molecule has 172 valence electrons. The summed E-state index contributed by atoms with van der Waals surface area (Å²) < 4.78 is 24.7. The molecule has 0 bridgehead atoms. The van der Waals surface area contributed by atoms with E-state index in [1.54, 1.807) is 47.2 Å². The summed E-state index contributed by atoms with van der Waals surface area (Å²) in [6.45, 7) is 3.81. The van der Waals surface area contributed by atoms with E-state index in [1.165, 1.54) is 6.20 Å². The number of aromatic nitrogens is 5. The van der Waals surface area contributed by atoms with Gasteiger partial charge < -0.3 is 10.1 Å². The third kappa shape index (κ3) is 4.72. The van der Waals surface area contributed by atoms with Crippen LogP contribution in [0.4, 0.5) is 17.5 Å². The number of fused-ring (bicyclic) bond motifs is 1. The molecule has 0 aliphatic heterocycles. The minimum atomic E-state index is -2.40. The molecule has 0 saturated heterocycles. The normalized spacial score (nSPS) is 11.7. The SMILES string of the molecule is COc1ccc(Nc2ncc3c(=O)n(C(C)C)n(-c4cccc(N=S(C)(C)=O)n4)c3n2)cc1. The lowest BCUT2D eigenvalue weighted by Gasteiger charge is -2.15. The van der Waals surface area contributed by atoms with E-state index in [4.69, 9.17) is 4.74 Å². The summed E-state index contributed by atoms with van der Waals surface area (Å²) in [5, 5.41) is 3.51. The standard InChI is InChI=1S/C22H25N7O3S/c1-14(2)28-21(30)17-13-23-22(24-15-9-11-16(32-3)12-10-15)26-20(17)29(28)19-8-6-7-18(25-19)27-33(4,5)31/h6-14H,1-5H3,(H,23,24,26). The van der Waals surface area contributed by atoms with Crippen LogP contribution in [-0.4, -0.2) is 48.1 Å². The molecule has 0 unspecified atom stereocenters. The van der Waals surface area contributed by atoms with E-state index in [9.17, 15) is 9.00 Å². The van der Waals surface area contributed by atoms with Gasteiger partial charge in [-0.05, 0) is 50.2 Å². The van der Waals surface area contributed by atoms with Gasteiger partial charge in [-0.2, -0.15) is 9.35 Å². The van der Waals surface area contributed by atoms with Crippen molar-refractivity contribution in [2.45, 2.75) is 19.9 Å². The van der Waals surface area contributed by atoms with Crippen LogP contribution in [-0.2, 0) is 9.73 Å². The Labute approximate surface area is 191 Å². The summed E-state index contributed by atoms with van der Waals surface area (Å²) in [7, 11) is -0.791. The van der Waals surface area contributed by atoms with Gasteiger partial charge in [-0.15, -0.1) is 0 Å². The monoisotopic (exact) mass is 467 g/mol. The largest absolute Gasteiger partial charge is 0.497 e. The topological polar surface area (TPSA) is 116 Å². The molecular weight excluding hydrogens is 442 g/mol. The molecule has 33 heavy (non-hydrogen) atoms. The molecule has 1 N–H and O–H groups in total. The number of nitrogens with zero attached hydrogens (tertiary/aromatic N) is 6.